The summed E-state index contributed by atoms with van der Waals surface area (Å²) < 4.78 is 27.5. The lowest BCUT2D eigenvalue weighted by Crippen LogP contribution is -2.42. The SMILES string of the molecule is C#C[C@@]1(F)[C@H](O)[C@@H](COC(C)C)O[C@H]1n1cnc2c1N=CCC2=O. The molecule has 0 radical (unpaired) electrons. The topological polar surface area (TPSA) is 85.9 Å². The predicted molar refractivity (Wildman–Crippen MR) is 83.0 cm³/mol. The fourth-order valence-corrected chi connectivity index (χ4v) is 2.76. The minimum absolute atomic E-state index is 0.0121. The standard InChI is InChI=1S/C16H18FN3O4/c1-4-16(17)13(22)11(7-23-9(2)3)24-15(16)20-8-19-12-10(21)5-6-18-14(12)20/h1,6,8-9,11,13,15,22H,5,7H2,2-3H3/t11-,13-,15-,16-/m1/s1. The van der Waals surface area contributed by atoms with Crippen molar-refractivity contribution < 1.29 is 23.8 Å². The predicted octanol–water partition coefficient (Wildman–Crippen LogP) is 1.20. The van der Waals surface area contributed by atoms with Crippen molar-refractivity contribution in [3.8, 4) is 12.3 Å². The summed E-state index contributed by atoms with van der Waals surface area (Å²) in [6.45, 7) is 3.62. The van der Waals surface area contributed by atoms with Crippen LogP contribution in [0.4, 0.5) is 10.2 Å². The molecule has 8 heteroatoms. The molecule has 1 saturated heterocycles. The number of aliphatic imine (C=N–C) groups is 1. The number of hydrogen-bond donors (Lipinski definition) is 1. The zero-order chi connectivity index (χ0) is 17.5. The van der Waals surface area contributed by atoms with Gasteiger partial charge in [-0.25, -0.2) is 14.4 Å². The third kappa shape index (κ3) is 2.55. The van der Waals surface area contributed by atoms with Crippen LogP contribution in [0.1, 0.15) is 37.0 Å². The van der Waals surface area contributed by atoms with Crippen LogP contribution in [-0.2, 0) is 9.47 Å². The zero-order valence-electron chi connectivity index (χ0n) is 13.3. The van der Waals surface area contributed by atoms with Crippen LogP contribution in [0.15, 0.2) is 11.3 Å². The lowest BCUT2D eigenvalue weighted by molar-refractivity contribution is -0.0759. The van der Waals surface area contributed by atoms with Gasteiger partial charge in [-0.15, -0.1) is 6.42 Å². The number of rotatable bonds is 4. The molecule has 0 amide bonds. The molecule has 0 bridgehead atoms. The highest BCUT2D eigenvalue weighted by Crippen LogP contribution is 2.44. The minimum atomic E-state index is -2.49. The second-order valence-electron chi connectivity index (χ2n) is 6.03. The molecular formula is C16H18FN3O4. The number of alkyl halides is 1. The van der Waals surface area contributed by atoms with Gasteiger partial charge in [0.15, 0.2) is 23.5 Å². The van der Waals surface area contributed by atoms with Gasteiger partial charge in [-0.2, -0.15) is 0 Å². The lowest BCUT2D eigenvalue weighted by atomic mass is 9.97. The number of hydrogen-bond acceptors (Lipinski definition) is 6. The van der Waals surface area contributed by atoms with E-state index in [-0.39, 0.29) is 36.4 Å². The van der Waals surface area contributed by atoms with E-state index in [0.717, 1.165) is 0 Å². The maximum Gasteiger partial charge on any atom is 0.243 e. The first-order valence-electron chi connectivity index (χ1n) is 7.62. The Kier molecular flexibility index (Phi) is 4.25. The Labute approximate surface area is 138 Å². The van der Waals surface area contributed by atoms with Crippen molar-refractivity contribution in [2.45, 2.75) is 50.5 Å². The quantitative estimate of drug-likeness (QED) is 0.836. The Morgan fingerprint density at radius 3 is 3.08 bits per heavy atom. The molecule has 0 aliphatic carbocycles. The molecule has 1 aromatic heterocycles. The van der Waals surface area contributed by atoms with Crippen molar-refractivity contribution >= 4 is 17.8 Å². The molecule has 0 aromatic carbocycles. The van der Waals surface area contributed by atoms with E-state index in [2.05, 4.69) is 9.98 Å². The Bertz CT molecular complexity index is 723. The number of ether oxygens (including phenoxy) is 2. The third-order valence-corrected chi connectivity index (χ3v) is 4.04. The maximum absolute atomic E-state index is 15.3. The lowest BCUT2D eigenvalue weighted by Gasteiger charge is -2.24. The van der Waals surface area contributed by atoms with Gasteiger partial charge in [0.25, 0.3) is 0 Å². The van der Waals surface area contributed by atoms with Gasteiger partial charge in [0.2, 0.25) is 5.67 Å². The molecule has 1 fully saturated rings. The first-order chi connectivity index (χ1) is 11.4. The van der Waals surface area contributed by atoms with Crippen molar-refractivity contribution in [1.82, 2.24) is 9.55 Å². The number of aliphatic hydroxyl groups is 1. The van der Waals surface area contributed by atoms with Gasteiger partial charge >= 0.3 is 0 Å². The number of nitrogens with zero attached hydrogens (tertiary/aromatic N) is 3. The number of aliphatic hydroxyl groups excluding tert-OH is 1. The number of halogens is 1. The van der Waals surface area contributed by atoms with E-state index in [0.29, 0.717) is 0 Å². The third-order valence-electron chi connectivity index (χ3n) is 4.04. The Balaban J connectivity index is 1.94. The summed E-state index contributed by atoms with van der Waals surface area (Å²) in [6.07, 6.45) is 4.16. The van der Waals surface area contributed by atoms with Gasteiger partial charge in [0.1, 0.15) is 12.2 Å². The molecule has 3 rings (SSSR count). The number of carbonyl (C=O) groups excluding carboxylic acids is 1. The summed E-state index contributed by atoms with van der Waals surface area (Å²) in [7, 11) is 0. The summed E-state index contributed by atoms with van der Waals surface area (Å²) in [5.41, 5.74) is -2.35. The van der Waals surface area contributed by atoms with E-state index in [1.54, 1.807) is 0 Å². The Morgan fingerprint density at radius 1 is 1.67 bits per heavy atom. The summed E-state index contributed by atoms with van der Waals surface area (Å²) in [4.78, 5) is 19.9. The average Bonchev–Trinajstić information content (AvgIpc) is 3.08. The van der Waals surface area contributed by atoms with Gasteiger partial charge in [-0.3, -0.25) is 9.36 Å². The van der Waals surface area contributed by atoms with Gasteiger partial charge in [-0.05, 0) is 13.8 Å². The van der Waals surface area contributed by atoms with E-state index in [1.807, 2.05) is 19.8 Å². The molecule has 24 heavy (non-hydrogen) atoms. The molecule has 0 spiro atoms. The van der Waals surface area contributed by atoms with Crippen molar-refractivity contribution in [1.29, 1.82) is 0 Å². The first kappa shape index (κ1) is 16.8. The Morgan fingerprint density at radius 2 is 2.42 bits per heavy atom. The molecule has 2 aliphatic rings. The molecule has 0 saturated carbocycles. The molecule has 2 aliphatic heterocycles. The number of terminal acetylenes is 1. The molecule has 128 valence electrons. The zero-order valence-corrected chi connectivity index (χ0v) is 13.3. The van der Waals surface area contributed by atoms with Crippen LogP contribution in [0.25, 0.3) is 0 Å². The minimum Gasteiger partial charge on any atom is -0.386 e. The number of aromatic nitrogens is 2. The van der Waals surface area contributed by atoms with Crippen LogP contribution in [0.2, 0.25) is 0 Å². The molecule has 7 nitrogen and oxygen atoms in total. The van der Waals surface area contributed by atoms with E-state index in [4.69, 9.17) is 15.9 Å². The smallest absolute Gasteiger partial charge is 0.243 e. The number of fused-ring (bicyclic) bond motifs is 1. The number of imidazole rings is 1. The van der Waals surface area contributed by atoms with Gasteiger partial charge < -0.3 is 14.6 Å². The highest BCUT2D eigenvalue weighted by Gasteiger charge is 2.58. The molecule has 3 heterocycles. The van der Waals surface area contributed by atoms with Gasteiger partial charge in [-0.1, -0.05) is 5.92 Å². The Hall–Kier alpha value is -2.08. The first-order valence-corrected chi connectivity index (χ1v) is 7.62. The molecule has 1 N–H and O–H groups in total. The highest BCUT2D eigenvalue weighted by molar-refractivity contribution is 6.08. The molecule has 4 atom stereocenters. The van der Waals surface area contributed by atoms with Crippen LogP contribution in [-0.4, -0.2) is 57.2 Å². The van der Waals surface area contributed by atoms with Crippen molar-refractivity contribution in [2.75, 3.05) is 6.61 Å². The fraction of sp³-hybridized carbons (Fsp3) is 0.562. The summed E-state index contributed by atoms with van der Waals surface area (Å²) in [5, 5.41) is 10.3. The highest BCUT2D eigenvalue weighted by atomic mass is 19.1. The van der Waals surface area contributed by atoms with Gasteiger partial charge in [0.05, 0.1) is 19.0 Å². The van der Waals surface area contributed by atoms with E-state index in [9.17, 15) is 9.90 Å². The summed E-state index contributed by atoms with van der Waals surface area (Å²) in [5.74, 6) is 1.93. The van der Waals surface area contributed by atoms with Crippen LogP contribution in [0.5, 0.6) is 0 Å². The number of Topliss-reactive ketones (excluding diaryl/α,β-unsaturated/α-hetero) is 1. The normalized spacial score (nSPS) is 32.2. The van der Waals surface area contributed by atoms with E-state index >= 15 is 4.39 Å². The molecule has 1 aromatic rings. The second-order valence-corrected chi connectivity index (χ2v) is 6.03. The average molecular weight is 335 g/mol. The van der Waals surface area contributed by atoms with Crippen LogP contribution in [0.3, 0.4) is 0 Å². The molecular weight excluding hydrogens is 317 g/mol. The van der Waals surface area contributed by atoms with E-state index in [1.165, 1.54) is 17.1 Å². The number of ketones is 1. The monoisotopic (exact) mass is 335 g/mol. The molecule has 0 unspecified atom stereocenters. The van der Waals surface area contributed by atoms with Crippen LogP contribution < -0.4 is 0 Å². The number of carbonyl (C=O) groups is 1. The van der Waals surface area contributed by atoms with Crippen molar-refractivity contribution in [3.63, 3.8) is 0 Å². The summed E-state index contributed by atoms with van der Waals surface area (Å²) >= 11 is 0. The van der Waals surface area contributed by atoms with Crippen molar-refractivity contribution in [2.24, 2.45) is 4.99 Å². The summed E-state index contributed by atoms with van der Waals surface area (Å²) in [6, 6.07) is 0. The second kappa shape index (κ2) is 6.09. The van der Waals surface area contributed by atoms with Crippen LogP contribution in [0, 0.1) is 12.3 Å². The fourth-order valence-electron chi connectivity index (χ4n) is 2.76. The largest absolute Gasteiger partial charge is 0.386 e. The van der Waals surface area contributed by atoms with E-state index < -0.39 is 24.1 Å². The maximum atomic E-state index is 15.3. The van der Waals surface area contributed by atoms with Crippen LogP contribution >= 0.6 is 0 Å². The van der Waals surface area contributed by atoms with Crippen molar-refractivity contribution in [3.05, 3.63) is 12.0 Å². The van der Waals surface area contributed by atoms with Gasteiger partial charge in [0, 0.05) is 12.6 Å².